The zero-order valence-electron chi connectivity index (χ0n) is 13.9. The fourth-order valence-corrected chi connectivity index (χ4v) is 2.67. The number of carboxylic acids is 1. The van der Waals surface area contributed by atoms with Crippen LogP contribution in [0.1, 0.15) is 35.5 Å². The number of aromatic carboxylic acids is 1. The predicted octanol–water partition coefficient (Wildman–Crippen LogP) is 4.36. The van der Waals surface area contributed by atoms with Gasteiger partial charge < -0.3 is 5.11 Å². The first-order valence-electron chi connectivity index (χ1n) is 8.14. The first kappa shape index (κ1) is 16.0. The number of hydrogen-bond acceptors (Lipinski definition) is 2. The lowest BCUT2D eigenvalue weighted by Crippen LogP contribution is -2.02. The molecule has 1 heterocycles. The van der Waals surface area contributed by atoms with Crippen molar-refractivity contribution in [3.05, 3.63) is 71.4 Å². The molecule has 0 saturated carbocycles. The van der Waals surface area contributed by atoms with Crippen molar-refractivity contribution in [1.29, 1.82) is 0 Å². The fourth-order valence-electron chi connectivity index (χ4n) is 2.67. The molecular weight excluding hydrogens is 300 g/mol. The van der Waals surface area contributed by atoms with Gasteiger partial charge in [-0.05, 0) is 42.2 Å². The van der Waals surface area contributed by atoms with Gasteiger partial charge in [0.25, 0.3) is 0 Å². The smallest absolute Gasteiger partial charge is 0.356 e. The summed E-state index contributed by atoms with van der Waals surface area (Å²) in [6.45, 7) is 4.21. The second-order valence-electron chi connectivity index (χ2n) is 5.70. The van der Waals surface area contributed by atoms with Crippen LogP contribution in [0.4, 0.5) is 0 Å². The van der Waals surface area contributed by atoms with E-state index >= 15 is 0 Å². The fraction of sp³-hybridized carbons (Fsp3) is 0.200. The molecule has 3 rings (SSSR count). The van der Waals surface area contributed by atoms with E-state index in [1.807, 2.05) is 36.4 Å². The Morgan fingerprint density at radius 3 is 2.00 bits per heavy atom. The number of aryl methyl sites for hydroxylation is 2. The molecule has 0 aliphatic heterocycles. The normalized spacial score (nSPS) is 10.8. The lowest BCUT2D eigenvalue weighted by Gasteiger charge is -2.09. The molecule has 0 bridgehead atoms. The molecule has 0 spiro atoms. The number of carbonyl (C=O) groups is 1. The zero-order chi connectivity index (χ0) is 17.1. The summed E-state index contributed by atoms with van der Waals surface area (Å²) in [6, 6.07) is 17.8. The minimum absolute atomic E-state index is 0.0455. The van der Waals surface area contributed by atoms with E-state index in [0.29, 0.717) is 0 Å². The Bertz CT molecular complexity index is 781. The van der Waals surface area contributed by atoms with Gasteiger partial charge in [-0.25, -0.2) is 9.48 Å². The minimum Gasteiger partial charge on any atom is -0.476 e. The number of carboxylic acid groups (broad SMARTS) is 1. The van der Waals surface area contributed by atoms with Crippen molar-refractivity contribution in [2.45, 2.75) is 26.7 Å². The minimum atomic E-state index is -1.02. The third-order valence-electron chi connectivity index (χ3n) is 4.18. The van der Waals surface area contributed by atoms with Crippen LogP contribution >= 0.6 is 0 Å². The van der Waals surface area contributed by atoms with Gasteiger partial charge in [0, 0.05) is 5.56 Å². The van der Waals surface area contributed by atoms with Crippen molar-refractivity contribution < 1.29 is 9.90 Å². The maximum atomic E-state index is 11.4. The lowest BCUT2D eigenvalue weighted by atomic mass is 10.1. The molecule has 0 amide bonds. The maximum absolute atomic E-state index is 11.4. The highest BCUT2D eigenvalue weighted by atomic mass is 16.4. The molecule has 0 aliphatic carbocycles. The highest BCUT2D eigenvalue weighted by Crippen LogP contribution is 2.25. The number of nitrogens with zero attached hydrogens (tertiary/aromatic N) is 2. The predicted molar refractivity (Wildman–Crippen MR) is 94.7 cm³/mol. The monoisotopic (exact) mass is 320 g/mol. The van der Waals surface area contributed by atoms with Crippen molar-refractivity contribution >= 4 is 5.97 Å². The Balaban J connectivity index is 2.10. The van der Waals surface area contributed by atoms with Crippen LogP contribution in [0.5, 0.6) is 0 Å². The van der Waals surface area contributed by atoms with Crippen LogP contribution in [-0.4, -0.2) is 20.9 Å². The van der Waals surface area contributed by atoms with Crippen LogP contribution < -0.4 is 0 Å². The van der Waals surface area contributed by atoms with Crippen LogP contribution in [0.3, 0.4) is 0 Å². The molecule has 0 fully saturated rings. The van der Waals surface area contributed by atoms with E-state index in [2.05, 4.69) is 31.1 Å². The van der Waals surface area contributed by atoms with Crippen LogP contribution in [0, 0.1) is 0 Å². The molecule has 1 aromatic heterocycles. The Labute approximate surface area is 141 Å². The lowest BCUT2D eigenvalue weighted by molar-refractivity contribution is 0.0690. The molecule has 3 aromatic rings. The highest BCUT2D eigenvalue weighted by Gasteiger charge is 2.16. The third kappa shape index (κ3) is 3.08. The van der Waals surface area contributed by atoms with Gasteiger partial charge in [0.2, 0.25) is 0 Å². The van der Waals surface area contributed by atoms with Gasteiger partial charge in [-0.2, -0.15) is 5.10 Å². The summed E-state index contributed by atoms with van der Waals surface area (Å²) in [5.41, 5.74) is 5.11. The van der Waals surface area contributed by atoms with Crippen LogP contribution in [-0.2, 0) is 12.8 Å². The molecule has 24 heavy (non-hydrogen) atoms. The quantitative estimate of drug-likeness (QED) is 0.760. The van der Waals surface area contributed by atoms with Gasteiger partial charge in [0.15, 0.2) is 5.69 Å². The summed E-state index contributed by atoms with van der Waals surface area (Å²) in [4.78, 5) is 11.4. The Kier molecular flexibility index (Phi) is 4.47. The van der Waals surface area contributed by atoms with Gasteiger partial charge in [-0.15, -0.1) is 0 Å². The van der Waals surface area contributed by atoms with Crippen LogP contribution in [0.25, 0.3) is 16.9 Å². The topological polar surface area (TPSA) is 55.1 Å². The van der Waals surface area contributed by atoms with E-state index in [0.717, 1.165) is 29.8 Å². The van der Waals surface area contributed by atoms with Gasteiger partial charge in [-0.1, -0.05) is 50.2 Å². The van der Waals surface area contributed by atoms with Crippen molar-refractivity contribution in [3.8, 4) is 16.9 Å². The molecule has 1 N–H and O–H groups in total. The van der Waals surface area contributed by atoms with E-state index in [4.69, 9.17) is 0 Å². The molecule has 122 valence electrons. The van der Waals surface area contributed by atoms with Gasteiger partial charge >= 0.3 is 5.97 Å². The molecule has 0 aliphatic rings. The highest BCUT2D eigenvalue weighted by molar-refractivity contribution is 5.87. The van der Waals surface area contributed by atoms with E-state index < -0.39 is 5.97 Å². The summed E-state index contributed by atoms with van der Waals surface area (Å²) >= 11 is 0. The Morgan fingerprint density at radius 1 is 0.958 bits per heavy atom. The van der Waals surface area contributed by atoms with E-state index in [1.165, 1.54) is 11.1 Å². The number of hydrogen-bond donors (Lipinski definition) is 1. The van der Waals surface area contributed by atoms with Crippen molar-refractivity contribution in [1.82, 2.24) is 9.78 Å². The summed E-state index contributed by atoms with van der Waals surface area (Å²) in [5.74, 6) is -1.02. The van der Waals surface area contributed by atoms with E-state index in [9.17, 15) is 9.90 Å². The van der Waals surface area contributed by atoms with E-state index in [-0.39, 0.29) is 5.69 Å². The molecule has 2 aromatic carbocycles. The number of rotatable bonds is 5. The summed E-state index contributed by atoms with van der Waals surface area (Å²) in [7, 11) is 0. The molecule has 4 nitrogen and oxygen atoms in total. The summed E-state index contributed by atoms with van der Waals surface area (Å²) in [6.07, 6.45) is 1.93. The Morgan fingerprint density at radius 2 is 1.50 bits per heavy atom. The van der Waals surface area contributed by atoms with Gasteiger partial charge in [0.1, 0.15) is 0 Å². The third-order valence-corrected chi connectivity index (χ3v) is 4.18. The number of aromatic nitrogens is 2. The molecule has 0 unspecified atom stereocenters. The Hall–Kier alpha value is -2.88. The molecule has 0 atom stereocenters. The average molecular weight is 320 g/mol. The largest absolute Gasteiger partial charge is 0.476 e. The molecule has 0 saturated heterocycles. The average Bonchev–Trinajstić information content (AvgIpc) is 3.07. The van der Waals surface area contributed by atoms with Crippen molar-refractivity contribution in [2.75, 3.05) is 0 Å². The molecular formula is C20H20N2O2. The van der Waals surface area contributed by atoms with Gasteiger partial charge in [0.05, 0.1) is 11.4 Å². The van der Waals surface area contributed by atoms with Crippen LogP contribution in [0.15, 0.2) is 54.6 Å². The first-order valence-corrected chi connectivity index (χ1v) is 8.14. The first-order chi connectivity index (χ1) is 11.6. The van der Waals surface area contributed by atoms with Crippen LogP contribution in [0.2, 0.25) is 0 Å². The van der Waals surface area contributed by atoms with Crippen molar-refractivity contribution in [3.63, 3.8) is 0 Å². The SMILES string of the molecule is CCc1ccc(-c2cc(C(=O)O)nn2-c2ccc(CC)cc2)cc1. The van der Waals surface area contributed by atoms with Gasteiger partial charge in [-0.3, -0.25) is 0 Å². The summed E-state index contributed by atoms with van der Waals surface area (Å²) in [5, 5.41) is 13.6. The second kappa shape index (κ2) is 6.71. The summed E-state index contributed by atoms with van der Waals surface area (Å²) < 4.78 is 1.70. The molecule has 4 heteroatoms. The maximum Gasteiger partial charge on any atom is 0.356 e. The second-order valence-corrected chi connectivity index (χ2v) is 5.70. The molecule has 0 radical (unpaired) electrons. The van der Waals surface area contributed by atoms with E-state index in [1.54, 1.807) is 10.7 Å². The number of benzene rings is 2. The zero-order valence-corrected chi connectivity index (χ0v) is 13.9. The standard InChI is InChI=1S/C20H20N2O2/c1-3-14-5-9-16(10-6-14)19-13-18(20(23)24)21-22(19)17-11-7-15(4-2)8-12-17/h5-13H,3-4H2,1-2H3,(H,23,24). The van der Waals surface area contributed by atoms with Crippen molar-refractivity contribution in [2.24, 2.45) is 0 Å².